The molecule has 12 heavy (non-hydrogen) atoms. The topological polar surface area (TPSA) is 26.3 Å². The van der Waals surface area contributed by atoms with Crippen molar-refractivity contribution in [1.82, 2.24) is 0 Å². The van der Waals surface area contributed by atoms with Gasteiger partial charge in [0.1, 0.15) is 5.82 Å². The van der Waals surface area contributed by atoms with E-state index in [-0.39, 0.29) is 5.56 Å². The minimum atomic E-state index is -0.556. The van der Waals surface area contributed by atoms with Crippen molar-refractivity contribution in [2.24, 2.45) is 0 Å². The van der Waals surface area contributed by atoms with Crippen molar-refractivity contribution in [2.45, 2.75) is 0 Å². The van der Waals surface area contributed by atoms with Crippen molar-refractivity contribution in [1.29, 1.82) is 0 Å². The number of esters is 1. The summed E-state index contributed by atoms with van der Waals surface area (Å²) in [4.78, 5) is 10.9. The average molecular weight is 167 g/mol. The first-order valence-electron chi connectivity index (χ1n) is 3.34. The standard InChI is InChI=1S/C9H8FO2/c1-6-3-7(9(11)12-2)5-8(10)4-6/h3-5H,1H2,2H3. The molecule has 0 fully saturated rings. The van der Waals surface area contributed by atoms with E-state index in [1.165, 1.54) is 19.2 Å². The Balaban J connectivity index is 3.08. The van der Waals surface area contributed by atoms with E-state index in [0.717, 1.165) is 6.07 Å². The van der Waals surface area contributed by atoms with Crippen LogP contribution in [0.2, 0.25) is 0 Å². The highest BCUT2D eigenvalue weighted by atomic mass is 19.1. The van der Waals surface area contributed by atoms with E-state index in [9.17, 15) is 9.18 Å². The van der Waals surface area contributed by atoms with Crippen LogP contribution in [0, 0.1) is 12.7 Å². The second kappa shape index (κ2) is 3.34. The van der Waals surface area contributed by atoms with E-state index >= 15 is 0 Å². The molecule has 0 N–H and O–H groups in total. The van der Waals surface area contributed by atoms with Gasteiger partial charge in [0.15, 0.2) is 0 Å². The number of methoxy groups -OCH3 is 1. The third-order valence-electron chi connectivity index (χ3n) is 1.38. The van der Waals surface area contributed by atoms with Crippen LogP contribution in [0.15, 0.2) is 18.2 Å². The van der Waals surface area contributed by atoms with Crippen molar-refractivity contribution >= 4 is 5.97 Å². The van der Waals surface area contributed by atoms with Gasteiger partial charge in [-0.15, -0.1) is 0 Å². The molecule has 0 bridgehead atoms. The molecule has 0 saturated carbocycles. The van der Waals surface area contributed by atoms with Crippen LogP contribution < -0.4 is 0 Å². The van der Waals surface area contributed by atoms with E-state index < -0.39 is 11.8 Å². The van der Waals surface area contributed by atoms with Gasteiger partial charge in [-0.05, 0) is 30.7 Å². The maximum Gasteiger partial charge on any atom is 0.337 e. The van der Waals surface area contributed by atoms with Gasteiger partial charge in [0, 0.05) is 0 Å². The SMILES string of the molecule is [CH2]c1cc(F)cc(C(=O)OC)c1. The van der Waals surface area contributed by atoms with Gasteiger partial charge in [-0.2, -0.15) is 0 Å². The van der Waals surface area contributed by atoms with Crippen LogP contribution in [-0.2, 0) is 4.74 Å². The van der Waals surface area contributed by atoms with Gasteiger partial charge < -0.3 is 4.74 Å². The monoisotopic (exact) mass is 167 g/mol. The number of benzene rings is 1. The summed E-state index contributed by atoms with van der Waals surface area (Å²) in [5.41, 5.74) is 0.637. The van der Waals surface area contributed by atoms with E-state index in [0.29, 0.717) is 5.56 Å². The minimum Gasteiger partial charge on any atom is -0.465 e. The van der Waals surface area contributed by atoms with Crippen molar-refractivity contribution in [3.05, 3.63) is 42.1 Å². The number of hydrogen-bond acceptors (Lipinski definition) is 2. The van der Waals surface area contributed by atoms with Crippen molar-refractivity contribution in [3.8, 4) is 0 Å². The first kappa shape index (κ1) is 8.71. The Hall–Kier alpha value is -1.38. The quantitative estimate of drug-likeness (QED) is 0.596. The van der Waals surface area contributed by atoms with E-state index in [2.05, 4.69) is 11.7 Å². The van der Waals surface area contributed by atoms with Gasteiger partial charge in [0.05, 0.1) is 12.7 Å². The van der Waals surface area contributed by atoms with Crippen molar-refractivity contribution < 1.29 is 13.9 Å². The number of halogens is 1. The number of carbonyl (C=O) groups is 1. The van der Waals surface area contributed by atoms with Crippen LogP contribution in [0.4, 0.5) is 4.39 Å². The van der Waals surface area contributed by atoms with Gasteiger partial charge in [-0.25, -0.2) is 9.18 Å². The van der Waals surface area contributed by atoms with E-state index in [1.807, 2.05) is 0 Å². The normalized spacial score (nSPS) is 9.58. The lowest BCUT2D eigenvalue weighted by atomic mass is 10.1. The highest BCUT2D eigenvalue weighted by Crippen LogP contribution is 2.08. The highest BCUT2D eigenvalue weighted by molar-refractivity contribution is 5.89. The van der Waals surface area contributed by atoms with Crippen LogP contribution >= 0.6 is 0 Å². The molecule has 2 nitrogen and oxygen atoms in total. The minimum absolute atomic E-state index is 0.183. The van der Waals surface area contributed by atoms with Crippen LogP contribution in [0.5, 0.6) is 0 Å². The molecule has 0 heterocycles. The van der Waals surface area contributed by atoms with Crippen molar-refractivity contribution in [3.63, 3.8) is 0 Å². The zero-order chi connectivity index (χ0) is 9.14. The summed E-state index contributed by atoms with van der Waals surface area (Å²) in [5, 5.41) is 0. The molecular formula is C9H8FO2. The Bertz CT molecular complexity index is 287. The zero-order valence-electron chi connectivity index (χ0n) is 6.63. The number of ether oxygens (including phenoxy) is 1. The van der Waals surface area contributed by atoms with Crippen LogP contribution in [0.25, 0.3) is 0 Å². The first-order chi connectivity index (χ1) is 5.63. The van der Waals surface area contributed by atoms with Crippen LogP contribution in [0.3, 0.4) is 0 Å². The van der Waals surface area contributed by atoms with Gasteiger partial charge >= 0.3 is 5.97 Å². The maximum atomic E-state index is 12.7. The van der Waals surface area contributed by atoms with Gasteiger partial charge in [0.2, 0.25) is 0 Å². The molecule has 1 aromatic carbocycles. The summed E-state index contributed by atoms with van der Waals surface area (Å²) < 4.78 is 17.1. The Kier molecular flexibility index (Phi) is 2.43. The van der Waals surface area contributed by atoms with Crippen LogP contribution in [-0.4, -0.2) is 13.1 Å². The molecule has 0 spiro atoms. The molecule has 3 heteroatoms. The molecule has 0 amide bonds. The lowest BCUT2D eigenvalue weighted by molar-refractivity contribution is 0.0600. The number of hydrogen-bond donors (Lipinski definition) is 0. The fourth-order valence-corrected chi connectivity index (χ4v) is 0.886. The molecular weight excluding hydrogens is 159 g/mol. The lowest BCUT2D eigenvalue weighted by Crippen LogP contribution is -2.01. The second-order valence-electron chi connectivity index (χ2n) is 2.34. The first-order valence-corrected chi connectivity index (χ1v) is 3.34. The summed E-state index contributed by atoms with van der Waals surface area (Å²) in [7, 11) is 1.25. The lowest BCUT2D eigenvalue weighted by Gasteiger charge is -2.00. The molecule has 1 rings (SSSR count). The maximum absolute atomic E-state index is 12.7. The van der Waals surface area contributed by atoms with Crippen molar-refractivity contribution in [2.75, 3.05) is 7.11 Å². The van der Waals surface area contributed by atoms with Gasteiger partial charge in [-0.1, -0.05) is 0 Å². The zero-order valence-corrected chi connectivity index (χ0v) is 6.63. The van der Waals surface area contributed by atoms with Crippen LogP contribution in [0.1, 0.15) is 15.9 Å². The molecule has 0 saturated heterocycles. The molecule has 0 aliphatic heterocycles. The summed E-state index contributed by atoms with van der Waals surface area (Å²) >= 11 is 0. The number of rotatable bonds is 1. The Morgan fingerprint density at radius 2 is 2.17 bits per heavy atom. The molecule has 1 aromatic rings. The highest BCUT2D eigenvalue weighted by Gasteiger charge is 2.06. The third-order valence-corrected chi connectivity index (χ3v) is 1.38. The summed E-state index contributed by atoms with van der Waals surface area (Å²) in [6, 6.07) is 3.82. The Morgan fingerprint density at radius 3 is 2.67 bits per heavy atom. The number of carbonyl (C=O) groups excluding carboxylic acids is 1. The van der Waals surface area contributed by atoms with Gasteiger partial charge in [-0.3, -0.25) is 0 Å². The Labute approximate surface area is 70.0 Å². The second-order valence-corrected chi connectivity index (χ2v) is 2.34. The molecule has 0 unspecified atom stereocenters. The molecule has 63 valence electrons. The summed E-state index contributed by atoms with van der Waals surface area (Å²) in [6.45, 7) is 3.51. The molecule has 1 radical (unpaired) electrons. The fourth-order valence-electron chi connectivity index (χ4n) is 0.886. The molecule has 0 aromatic heterocycles. The van der Waals surface area contributed by atoms with E-state index in [4.69, 9.17) is 0 Å². The Morgan fingerprint density at radius 1 is 1.50 bits per heavy atom. The molecule has 0 aliphatic carbocycles. The third kappa shape index (κ3) is 1.81. The fraction of sp³-hybridized carbons (Fsp3) is 0.111. The largest absolute Gasteiger partial charge is 0.465 e. The molecule has 0 atom stereocenters. The average Bonchev–Trinajstić information content (AvgIpc) is 2.01. The summed E-state index contributed by atoms with van der Waals surface area (Å²) in [6.07, 6.45) is 0. The smallest absolute Gasteiger partial charge is 0.337 e. The predicted octanol–water partition coefficient (Wildman–Crippen LogP) is 1.79. The predicted molar refractivity (Wildman–Crippen MR) is 42.2 cm³/mol. The molecule has 0 aliphatic rings. The van der Waals surface area contributed by atoms with Gasteiger partial charge in [0.25, 0.3) is 0 Å². The summed E-state index contributed by atoms with van der Waals surface area (Å²) in [5.74, 6) is -1.04. The van der Waals surface area contributed by atoms with E-state index in [1.54, 1.807) is 0 Å².